The van der Waals surface area contributed by atoms with Gasteiger partial charge in [-0.2, -0.15) is 0 Å². The van der Waals surface area contributed by atoms with E-state index < -0.39 is 0 Å². The predicted molar refractivity (Wildman–Crippen MR) is 69.5 cm³/mol. The van der Waals surface area contributed by atoms with E-state index in [1.807, 2.05) is 0 Å². The van der Waals surface area contributed by atoms with Crippen molar-refractivity contribution in [2.45, 2.75) is 56.9 Å². The van der Waals surface area contributed by atoms with Gasteiger partial charge in [-0.05, 0) is 18.4 Å². The Morgan fingerprint density at radius 3 is 2.12 bits per heavy atom. The van der Waals surface area contributed by atoms with E-state index in [1.54, 1.807) is 0 Å². The summed E-state index contributed by atoms with van der Waals surface area (Å²) in [4.78, 5) is 0. The fourth-order valence-corrected chi connectivity index (χ4v) is 2.95. The largest absolute Gasteiger partial charge is 0.324 e. The summed E-state index contributed by atoms with van der Waals surface area (Å²) in [5.41, 5.74) is 8.10. The van der Waals surface area contributed by atoms with Crippen LogP contribution in [0.3, 0.4) is 0 Å². The molecule has 0 amide bonds. The summed E-state index contributed by atoms with van der Waals surface area (Å²) in [5.74, 6) is 0. The summed E-state index contributed by atoms with van der Waals surface area (Å²) in [6.45, 7) is 4.60. The molecule has 0 atom stereocenters. The van der Waals surface area contributed by atoms with Crippen molar-refractivity contribution < 1.29 is 0 Å². The first-order valence-corrected chi connectivity index (χ1v) is 6.41. The van der Waals surface area contributed by atoms with Crippen molar-refractivity contribution in [3.05, 3.63) is 35.9 Å². The van der Waals surface area contributed by atoms with Crippen LogP contribution in [0.1, 0.15) is 51.5 Å². The van der Waals surface area contributed by atoms with Gasteiger partial charge >= 0.3 is 0 Å². The Balaban J connectivity index is 2.30. The highest BCUT2D eigenvalue weighted by atomic mass is 14.8. The van der Waals surface area contributed by atoms with Gasteiger partial charge in [0, 0.05) is 11.0 Å². The van der Waals surface area contributed by atoms with Crippen LogP contribution in [0.15, 0.2) is 30.3 Å². The van der Waals surface area contributed by atoms with Gasteiger partial charge < -0.3 is 5.73 Å². The third kappa shape index (κ3) is 1.89. The molecule has 0 aliphatic heterocycles. The smallest absolute Gasteiger partial charge is 0.0246 e. The molecule has 1 nitrogen and oxygen atoms in total. The van der Waals surface area contributed by atoms with Crippen LogP contribution in [0.5, 0.6) is 0 Å². The van der Waals surface area contributed by atoms with E-state index in [4.69, 9.17) is 5.73 Å². The predicted octanol–water partition coefficient (Wildman–Crippen LogP) is 3.63. The highest BCUT2D eigenvalue weighted by molar-refractivity contribution is 5.29. The quantitative estimate of drug-likeness (QED) is 0.804. The maximum absolute atomic E-state index is 6.67. The Kier molecular flexibility index (Phi) is 3.07. The Morgan fingerprint density at radius 2 is 1.56 bits per heavy atom. The van der Waals surface area contributed by atoms with Gasteiger partial charge in [0.15, 0.2) is 0 Å². The molecule has 0 aromatic heterocycles. The monoisotopic (exact) mass is 217 g/mol. The van der Waals surface area contributed by atoms with Crippen LogP contribution in [-0.2, 0) is 5.41 Å². The van der Waals surface area contributed by atoms with Crippen molar-refractivity contribution in [3.63, 3.8) is 0 Å². The second-order valence-electron chi connectivity index (χ2n) is 5.71. The Morgan fingerprint density at radius 1 is 1.00 bits per heavy atom. The molecule has 1 aliphatic rings. The molecule has 1 fully saturated rings. The number of hydrogen-bond donors (Lipinski definition) is 1. The molecule has 0 bridgehead atoms. The van der Waals surface area contributed by atoms with Gasteiger partial charge in [-0.25, -0.2) is 0 Å². The average molecular weight is 217 g/mol. The summed E-state index contributed by atoms with van der Waals surface area (Å²) in [5, 5.41) is 0. The molecule has 0 heterocycles. The molecule has 1 aromatic carbocycles. The van der Waals surface area contributed by atoms with Crippen LogP contribution < -0.4 is 5.73 Å². The first-order valence-electron chi connectivity index (χ1n) is 6.41. The molecule has 0 spiro atoms. The second-order valence-corrected chi connectivity index (χ2v) is 5.71. The zero-order chi connectivity index (χ0) is 11.6. The van der Waals surface area contributed by atoms with Crippen LogP contribution >= 0.6 is 0 Å². The topological polar surface area (TPSA) is 26.0 Å². The lowest BCUT2D eigenvalue weighted by Crippen LogP contribution is -2.56. The lowest BCUT2D eigenvalue weighted by Gasteiger charge is -2.47. The van der Waals surface area contributed by atoms with E-state index in [1.165, 1.54) is 24.8 Å². The molecule has 0 radical (unpaired) electrons. The zero-order valence-electron chi connectivity index (χ0n) is 10.5. The van der Waals surface area contributed by atoms with Crippen molar-refractivity contribution in [1.82, 2.24) is 0 Å². The molecule has 0 unspecified atom stereocenters. The zero-order valence-corrected chi connectivity index (χ0v) is 10.5. The fourth-order valence-electron chi connectivity index (χ4n) is 2.95. The minimum absolute atomic E-state index is 0.0212. The van der Waals surface area contributed by atoms with Gasteiger partial charge in [0.2, 0.25) is 0 Å². The molecule has 0 saturated heterocycles. The number of hydrogen-bond acceptors (Lipinski definition) is 1. The van der Waals surface area contributed by atoms with Crippen LogP contribution in [0, 0.1) is 0 Å². The second kappa shape index (κ2) is 4.21. The highest BCUT2D eigenvalue weighted by Crippen LogP contribution is 2.42. The summed E-state index contributed by atoms with van der Waals surface area (Å²) in [6, 6.07) is 10.7. The minimum Gasteiger partial charge on any atom is -0.324 e. The van der Waals surface area contributed by atoms with E-state index in [0.29, 0.717) is 0 Å². The first-order chi connectivity index (χ1) is 7.56. The SMILES string of the molecule is CC(C)(c1ccccc1)C1(N)CCCCC1. The molecule has 1 saturated carbocycles. The van der Waals surface area contributed by atoms with Gasteiger partial charge in [-0.15, -0.1) is 0 Å². The minimum atomic E-state index is -0.0212. The van der Waals surface area contributed by atoms with Gasteiger partial charge in [0.1, 0.15) is 0 Å². The van der Waals surface area contributed by atoms with Gasteiger partial charge in [-0.1, -0.05) is 63.4 Å². The molecule has 2 rings (SSSR count). The van der Waals surface area contributed by atoms with Gasteiger partial charge in [-0.3, -0.25) is 0 Å². The molecule has 1 heteroatoms. The van der Waals surface area contributed by atoms with E-state index >= 15 is 0 Å². The summed E-state index contributed by atoms with van der Waals surface area (Å²) in [6.07, 6.45) is 6.24. The van der Waals surface area contributed by atoms with Crippen LogP contribution in [0.4, 0.5) is 0 Å². The Hall–Kier alpha value is -0.820. The van der Waals surface area contributed by atoms with Crippen molar-refractivity contribution >= 4 is 0 Å². The lowest BCUT2D eigenvalue weighted by atomic mass is 9.62. The van der Waals surface area contributed by atoms with E-state index in [-0.39, 0.29) is 11.0 Å². The fraction of sp³-hybridized carbons (Fsp3) is 0.600. The molecule has 2 N–H and O–H groups in total. The third-order valence-electron chi connectivity index (χ3n) is 4.49. The average Bonchev–Trinajstić information content (AvgIpc) is 2.31. The Bertz CT molecular complexity index is 334. The maximum atomic E-state index is 6.67. The number of nitrogens with two attached hydrogens (primary N) is 1. The summed E-state index contributed by atoms with van der Waals surface area (Å²) >= 11 is 0. The van der Waals surface area contributed by atoms with Crippen molar-refractivity contribution in [1.29, 1.82) is 0 Å². The lowest BCUT2D eigenvalue weighted by molar-refractivity contribution is 0.184. The van der Waals surface area contributed by atoms with Crippen molar-refractivity contribution in [2.75, 3.05) is 0 Å². The van der Waals surface area contributed by atoms with E-state index in [9.17, 15) is 0 Å². The Labute approximate surface area is 99.0 Å². The highest BCUT2D eigenvalue weighted by Gasteiger charge is 2.43. The van der Waals surface area contributed by atoms with Gasteiger partial charge in [0.25, 0.3) is 0 Å². The molecular weight excluding hydrogens is 194 g/mol. The number of benzene rings is 1. The summed E-state index contributed by atoms with van der Waals surface area (Å²) < 4.78 is 0. The van der Waals surface area contributed by atoms with Crippen LogP contribution in [0.25, 0.3) is 0 Å². The van der Waals surface area contributed by atoms with Crippen LogP contribution in [0.2, 0.25) is 0 Å². The molecular formula is C15H23N. The number of rotatable bonds is 2. The maximum Gasteiger partial charge on any atom is 0.0246 e. The molecule has 1 aliphatic carbocycles. The first kappa shape index (κ1) is 11.7. The van der Waals surface area contributed by atoms with Crippen molar-refractivity contribution in [3.8, 4) is 0 Å². The summed E-state index contributed by atoms with van der Waals surface area (Å²) in [7, 11) is 0. The van der Waals surface area contributed by atoms with Gasteiger partial charge in [0.05, 0.1) is 0 Å². The van der Waals surface area contributed by atoms with E-state index in [0.717, 1.165) is 12.8 Å². The molecule has 1 aromatic rings. The molecule has 16 heavy (non-hydrogen) atoms. The van der Waals surface area contributed by atoms with Crippen molar-refractivity contribution in [2.24, 2.45) is 5.73 Å². The third-order valence-corrected chi connectivity index (χ3v) is 4.49. The molecule has 88 valence electrons. The standard InChI is InChI=1S/C15H23N/c1-14(2,13-9-5-3-6-10-13)15(16)11-7-4-8-12-15/h3,5-6,9-10H,4,7-8,11-12,16H2,1-2H3. The normalized spacial score (nSPS) is 20.7. The van der Waals surface area contributed by atoms with E-state index in [2.05, 4.69) is 44.2 Å². The van der Waals surface area contributed by atoms with Crippen LogP contribution in [-0.4, -0.2) is 5.54 Å².